The van der Waals surface area contributed by atoms with E-state index >= 15 is 0 Å². The second kappa shape index (κ2) is 6.30. The molecule has 1 saturated carbocycles. The predicted molar refractivity (Wildman–Crippen MR) is 92.8 cm³/mol. The average molecular weight is 308 g/mol. The molecule has 1 nitrogen and oxygen atoms in total. The first-order chi connectivity index (χ1) is 9.76. The molecule has 0 amide bonds. The van der Waals surface area contributed by atoms with Crippen LogP contribution in [-0.4, -0.2) is 5.54 Å². The van der Waals surface area contributed by atoms with Gasteiger partial charge < -0.3 is 5.73 Å². The molecule has 1 aliphatic rings. The fourth-order valence-electron chi connectivity index (χ4n) is 3.61. The van der Waals surface area contributed by atoms with E-state index in [-0.39, 0.29) is 5.54 Å². The lowest BCUT2D eigenvalue weighted by atomic mass is 9.65. The van der Waals surface area contributed by atoms with Crippen molar-refractivity contribution < 1.29 is 0 Å². The van der Waals surface area contributed by atoms with Crippen LogP contribution in [0.25, 0.3) is 0 Å². The monoisotopic (exact) mass is 307 g/mol. The third-order valence-corrected chi connectivity index (χ3v) is 6.10. The minimum Gasteiger partial charge on any atom is -0.325 e. The van der Waals surface area contributed by atoms with E-state index in [2.05, 4.69) is 39.8 Å². The zero-order valence-corrected chi connectivity index (χ0v) is 14.8. The average Bonchev–Trinajstić information content (AvgIpc) is 2.42. The van der Waals surface area contributed by atoms with Crippen molar-refractivity contribution in [1.29, 1.82) is 0 Å². The summed E-state index contributed by atoms with van der Waals surface area (Å²) < 4.78 is 0. The predicted octanol–water partition coefficient (Wildman–Crippen LogP) is 5.51. The Morgan fingerprint density at radius 3 is 2.43 bits per heavy atom. The van der Waals surface area contributed by atoms with Gasteiger partial charge in [0.2, 0.25) is 0 Å². The molecular weight excluding hydrogens is 278 g/mol. The molecule has 0 aliphatic heterocycles. The molecule has 2 N–H and O–H groups in total. The summed E-state index contributed by atoms with van der Waals surface area (Å²) in [4.78, 5) is 0. The Labute approximate surface area is 135 Å². The molecule has 1 fully saturated rings. The SMILES string of the molecule is CCC(C)(C)C1CCC(N)(Cc2ccc(C)cc2Cl)CC1. The molecule has 1 aliphatic carbocycles. The zero-order chi connectivity index (χ0) is 15.7. The standard InChI is InChI=1S/C19H30ClN/c1-5-18(3,4)16-8-10-19(21,11-9-16)13-15-7-6-14(2)12-17(15)20/h6-7,12,16H,5,8-11,13,21H2,1-4H3. The van der Waals surface area contributed by atoms with Gasteiger partial charge in [-0.1, -0.05) is 50.9 Å². The van der Waals surface area contributed by atoms with Crippen LogP contribution in [0.4, 0.5) is 0 Å². The lowest BCUT2D eigenvalue weighted by Gasteiger charge is -2.43. The van der Waals surface area contributed by atoms with Crippen molar-refractivity contribution in [3.05, 3.63) is 34.3 Å². The van der Waals surface area contributed by atoms with Gasteiger partial charge in [-0.15, -0.1) is 0 Å². The van der Waals surface area contributed by atoms with Gasteiger partial charge in [0.25, 0.3) is 0 Å². The van der Waals surface area contributed by atoms with Crippen molar-refractivity contribution >= 4 is 11.6 Å². The number of nitrogens with two attached hydrogens (primary N) is 1. The summed E-state index contributed by atoms with van der Waals surface area (Å²) in [5.74, 6) is 0.813. The maximum Gasteiger partial charge on any atom is 0.0441 e. The summed E-state index contributed by atoms with van der Waals surface area (Å²) in [6.45, 7) is 9.18. The molecule has 2 heteroatoms. The summed E-state index contributed by atoms with van der Waals surface area (Å²) in [6, 6.07) is 6.33. The smallest absolute Gasteiger partial charge is 0.0441 e. The highest BCUT2D eigenvalue weighted by Gasteiger charge is 2.37. The molecule has 0 saturated heterocycles. The second-order valence-corrected chi connectivity index (χ2v) is 8.16. The van der Waals surface area contributed by atoms with Crippen molar-refractivity contribution in [2.24, 2.45) is 17.1 Å². The molecule has 0 spiro atoms. The van der Waals surface area contributed by atoms with Crippen LogP contribution >= 0.6 is 11.6 Å². The van der Waals surface area contributed by atoms with Gasteiger partial charge in [-0.25, -0.2) is 0 Å². The number of benzene rings is 1. The highest BCUT2D eigenvalue weighted by atomic mass is 35.5. The molecule has 1 aromatic carbocycles. The topological polar surface area (TPSA) is 26.0 Å². The Bertz CT molecular complexity index is 484. The Kier molecular flexibility index (Phi) is 5.05. The Morgan fingerprint density at radius 1 is 1.29 bits per heavy atom. The van der Waals surface area contributed by atoms with Crippen molar-refractivity contribution in [3.8, 4) is 0 Å². The molecule has 2 rings (SSSR count). The normalized spacial score (nSPS) is 26.9. The largest absolute Gasteiger partial charge is 0.325 e. The maximum atomic E-state index is 6.69. The van der Waals surface area contributed by atoms with Crippen LogP contribution in [0.5, 0.6) is 0 Å². The van der Waals surface area contributed by atoms with Gasteiger partial charge in [-0.05, 0) is 67.6 Å². The highest BCUT2D eigenvalue weighted by Crippen LogP contribution is 2.43. The Morgan fingerprint density at radius 2 is 1.90 bits per heavy atom. The van der Waals surface area contributed by atoms with Crippen molar-refractivity contribution in [2.75, 3.05) is 0 Å². The van der Waals surface area contributed by atoms with E-state index in [1.165, 1.54) is 30.4 Å². The molecular formula is C19H30ClN. The Hall–Kier alpha value is -0.530. The number of rotatable bonds is 4. The van der Waals surface area contributed by atoms with Crippen LogP contribution in [-0.2, 0) is 6.42 Å². The third-order valence-electron chi connectivity index (χ3n) is 5.75. The molecule has 118 valence electrons. The van der Waals surface area contributed by atoms with Gasteiger partial charge in [-0.3, -0.25) is 0 Å². The number of halogens is 1. The number of aryl methyl sites for hydroxylation is 1. The fourth-order valence-corrected chi connectivity index (χ4v) is 3.92. The van der Waals surface area contributed by atoms with Crippen LogP contribution in [0.15, 0.2) is 18.2 Å². The summed E-state index contributed by atoms with van der Waals surface area (Å²) in [5, 5.41) is 0.871. The van der Waals surface area contributed by atoms with E-state index in [9.17, 15) is 0 Å². The van der Waals surface area contributed by atoms with Crippen molar-refractivity contribution in [3.63, 3.8) is 0 Å². The molecule has 0 heterocycles. The van der Waals surface area contributed by atoms with Crippen molar-refractivity contribution in [1.82, 2.24) is 0 Å². The molecule has 0 aromatic heterocycles. The quantitative estimate of drug-likeness (QED) is 0.779. The van der Waals surface area contributed by atoms with E-state index in [4.69, 9.17) is 17.3 Å². The maximum absolute atomic E-state index is 6.69. The zero-order valence-electron chi connectivity index (χ0n) is 14.0. The van der Waals surface area contributed by atoms with Gasteiger partial charge in [0.15, 0.2) is 0 Å². The van der Waals surface area contributed by atoms with Gasteiger partial charge >= 0.3 is 0 Å². The lowest BCUT2D eigenvalue weighted by Crippen LogP contribution is -2.47. The summed E-state index contributed by atoms with van der Waals surface area (Å²) in [6.07, 6.45) is 6.89. The van der Waals surface area contributed by atoms with Crippen LogP contribution in [0, 0.1) is 18.3 Å². The van der Waals surface area contributed by atoms with Gasteiger partial charge in [0.05, 0.1) is 0 Å². The van der Waals surface area contributed by atoms with Crippen LogP contribution < -0.4 is 5.73 Å². The second-order valence-electron chi connectivity index (χ2n) is 7.75. The first-order valence-corrected chi connectivity index (χ1v) is 8.67. The van der Waals surface area contributed by atoms with E-state index < -0.39 is 0 Å². The van der Waals surface area contributed by atoms with Gasteiger partial charge in [0.1, 0.15) is 0 Å². The molecule has 0 unspecified atom stereocenters. The van der Waals surface area contributed by atoms with Crippen LogP contribution in [0.1, 0.15) is 64.0 Å². The van der Waals surface area contributed by atoms with E-state index in [1.54, 1.807) is 0 Å². The van der Waals surface area contributed by atoms with E-state index in [1.807, 2.05) is 6.07 Å². The molecule has 1 aromatic rings. The summed E-state index contributed by atoms with van der Waals surface area (Å²) in [7, 11) is 0. The highest BCUT2D eigenvalue weighted by molar-refractivity contribution is 6.31. The van der Waals surface area contributed by atoms with E-state index in [0.717, 1.165) is 30.2 Å². The minimum absolute atomic E-state index is 0.0702. The van der Waals surface area contributed by atoms with Crippen LogP contribution in [0.3, 0.4) is 0 Å². The fraction of sp³-hybridized carbons (Fsp3) is 0.684. The van der Waals surface area contributed by atoms with Crippen molar-refractivity contribution in [2.45, 2.75) is 71.8 Å². The molecule has 0 radical (unpaired) electrons. The molecule has 21 heavy (non-hydrogen) atoms. The lowest BCUT2D eigenvalue weighted by molar-refractivity contribution is 0.115. The first-order valence-electron chi connectivity index (χ1n) is 8.30. The van der Waals surface area contributed by atoms with Gasteiger partial charge in [-0.2, -0.15) is 0 Å². The molecule has 0 atom stereocenters. The third kappa shape index (κ3) is 4.02. The number of hydrogen-bond acceptors (Lipinski definition) is 1. The summed E-state index contributed by atoms with van der Waals surface area (Å²) in [5.41, 5.74) is 9.48. The van der Waals surface area contributed by atoms with Crippen LogP contribution in [0.2, 0.25) is 5.02 Å². The van der Waals surface area contributed by atoms with Gasteiger partial charge in [0, 0.05) is 10.6 Å². The molecule has 0 bridgehead atoms. The summed E-state index contributed by atoms with van der Waals surface area (Å²) >= 11 is 6.38. The number of hydrogen-bond donors (Lipinski definition) is 1. The van der Waals surface area contributed by atoms with E-state index in [0.29, 0.717) is 5.41 Å². The minimum atomic E-state index is -0.0702. The Balaban J connectivity index is 2.02. The first kappa shape index (κ1) is 16.8.